The van der Waals surface area contributed by atoms with E-state index in [2.05, 4.69) is 21.8 Å². The fourth-order valence-corrected chi connectivity index (χ4v) is 2.67. The van der Waals surface area contributed by atoms with Gasteiger partial charge >= 0.3 is 0 Å². The van der Waals surface area contributed by atoms with Crippen molar-refractivity contribution >= 4 is 16.9 Å². The Hall–Kier alpha value is -1.88. The summed E-state index contributed by atoms with van der Waals surface area (Å²) in [6, 6.07) is 8.10. The van der Waals surface area contributed by atoms with Crippen LogP contribution in [0.3, 0.4) is 0 Å². The maximum absolute atomic E-state index is 11.7. The number of primary amides is 1. The number of hydrogen-bond donors (Lipinski definition) is 2. The second-order valence-corrected chi connectivity index (χ2v) is 5.42. The Morgan fingerprint density at radius 2 is 2.20 bits per heavy atom. The number of benzene rings is 1. The maximum atomic E-state index is 11.7. The molecule has 5 heteroatoms. The molecule has 2 rings (SSSR count). The van der Waals surface area contributed by atoms with E-state index in [1.54, 1.807) is 0 Å². The van der Waals surface area contributed by atoms with Crippen LogP contribution in [0.2, 0.25) is 0 Å². The van der Waals surface area contributed by atoms with Gasteiger partial charge in [0.05, 0.1) is 22.9 Å². The quantitative estimate of drug-likeness (QED) is 0.844. The number of likely N-dealkylation sites (N-methyl/N-ethyl adjacent to an activating group) is 1. The summed E-state index contributed by atoms with van der Waals surface area (Å²) in [6.07, 6.45) is 2.44. The van der Waals surface area contributed by atoms with Crippen molar-refractivity contribution in [3.8, 4) is 0 Å². The lowest BCUT2D eigenvalue weighted by molar-refractivity contribution is -0.124. The van der Waals surface area contributed by atoms with Crippen LogP contribution in [0.15, 0.2) is 30.6 Å². The zero-order chi connectivity index (χ0) is 14.8. The minimum absolute atomic E-state index is 0.124. The van der Waals surface area contributed by atoms with Gasteiger partial charge in [0.25, 0.3) is 0 Å². The van der Waals surface area contributed by atoms with Crippen LogP contribution in [0.4, 0.5) is 0 Å². The third-order valence-corrected chi connectivity index (χ3v) is 3.77. The Morgan fingerprint density at radius 3 is 2.85 bits per heavy atom. The van der Waals surface area contributed by atoms with Crippen LogP contribution in [-0.2, 0) is 4.79 Å². The van der Waals surface area contributed by atoms with Gasteiger partial charge in [0, 0.05) is 6.04 Å². The summed E-state index contributed by atoms with van der Waals surface area (Å²) in [4.78, 5) is 16.1. The standard InChI is InChI=1S/C15H22N4O/c1-4-18-15(3,14(16)20)9-11(2)19-10-17-12-7-5-6-8-13(12)19/h5-8,10-11,18H,4,9H2,1-3H3,(H2,16,20). The van der Waals surface area contributed by atoms with Crippen molar-refractivity contribution in [2.45, 2.75) is 38.8 Å². The number of amides is 1. The molecule has 0 bridgehead atoms. The number of rotatable bonds is 6. The minimum Gasteiger partial charge on any atom is -0.368 e. The Morgan fingerprint density at radius 1 is 1.50 bits per heavy atom. The zero-order valence-corrected chi connectivity index (χ0v) is 12.3. The molecule has 0 aliphatic heterocycles. The summed E-state index contributed by atoms with van der Waals surface area (Å²) >= 11 is 0. The van der Waals surface area contributed by atoms with E-state index in [4.69, 9.17) is 5.73 Å². The van der Waals surface area contributed by atoms with Gasteiger partial charge in [-0.2, -0.15) is 0 Å². The predicted octanol–water partition coefficient (Wildman–Crippen LogP) is 1.84. The van der Waals surface area contributed by atoms with Crippen molar-refractivity contribution in [3.05, 3.63) is 30.6 Å². The van der Waals surface area contributed by atoms with E-state index in [1.165, 1.54) is 0 Å². The third-order valence-electron chi connectivity index (χ3n) is 3.77. The van der Waals surface area contributed by atoms with E-state index in [0.29, 0.717) is 13.0 Å². The van der Waals surface area contributed by atoms with Crippen molar-refractivity contribution in [1.82, 2.24) is 14.9 Å². The molecule has 2 unspecified atom stereocenters. The Balaban J connectivity index is 2.27. The van der Waals surface area contributed by atoms with Crippen molar-refractivity contribution in [1.29, 1.82) is 0 Å². The number of hydrogen-bond acceptors (Lipinski definition) is 3. The molecule has 1 aromatic carbocycles. The fraction of sp³-hybridized carbons (Fsp3) is 0.467. The van der Waals surface area contributed by atoms with Crippen LogP contribution >= 0.6 is 0 Å². The molecular formula is C15H22N4O. The normalized spacial score (nSPS) is 15.9. The highest BCUT2D eigenvalue weighted by atomic mass is 16.1. The minimum atomic E-state index is -0.709. The van der Waals surface area contributed by atoms with Crippen LogP contribution in [-0.4, -0.2) is 27.5 Å². The van der Waals surface area contributed by atoms with Gasteiger partial charge in [-0.25, -0.2) is 4.98 Å². The van der Waals surface area contributed by atoms with E-state index < -0.39 is 5.54 Å². The average molecular weight is 274 g/mol. The van der Waals surface area contributed by atoms with E-state index >= 15 is 0 Å². The molecule has 1 amide bonds. The summed E-state index contributed by atoms with van der Waals surface area (Å²) in [5.41, 5.74) is 6.87. The average Bonchev–Trinajstić information content (AvgIpc) is 2.82. The van der Waals surface area contributed by atoms with Crippen LogP contribution in [0.5, 0.6) is 0 Å². The smallest absolute Gasteiger partial charge is 0.237 e. The molecule has 5 nitrogen and oxygen atoms in total. The van der Waals surface area contributed by atoms with Gasteiger partial charge in [0.2, 0.25) is 5.91 Å². The Bertz CT molecular complexity index is 607. The van der Waals surface area contributed by atoms with Gasteiger partial charge in [-0.1, -0.05) is 19.1 Å². The molecule has 0 saturated carbocycles. The van der Waals surface area contributed by atoms with Crippen molar-refractivity contribution in [3.63, 3.8) is 0 Å². The highest BCUT2D eigenvalue weighted by Crippen LogP contribution is 2.24. The van der Waals surface area contributed by atoms with Gasteiger partial charge in [-0.3, -0.25) is 4.79 Å². The lowest BCUT2D eigenvalue weighted by Gasteiger charge is -2.30. The number of nitrogens with two attached hydrogens (primary N) is 1. The molecule has 2 atom stereocenters. The van der Waals surface area contributed by atoms with Gasteiger partial charge in [0.15, 0.2) is 0 Å². The summed E-state index contributed by atoms with van der Waals surface area (Å²) < 4.78 is 2.09. The summed E-state index contributed by atoms with van der Waals surface area (Å²) in [7, 11) is 0. The number of imidazole rings is 1. The van der Waals surface area contributed by atoms with Gasteiger partial charge in [0.1, 0.15) is 0 Å². The lowest BCUT2D eigenvalue weighted by atomic mass is 9.92. The molecule has 0 spiro atoms. The molecule has 1 heterocycles. The van der Waals surface area contributed by atoms with Crippen LogP contribution in [0, 0.1) is 0 Å². The highest BCUT2D eigenvalue weighted by Gasteiger charge is 2.32. The van der Waals surface area contributed by atoms with E-state index in [9.17, 15) is 4.79 Å². The number of fused-ring (bicyclic) bond motifs is 1. The number of aromatic nitrogens is 2. The first kappa shape index (κ1) is 14.5. The molecule has 0 aliphatic rings. The largest absolute Gasteiger partial charge is 0.368 e. The SMILES string of the molecule is CCNC(C)(CC(C)n1cnc2ccccc21)C(N)=O. The van der Waals surface area contributed by atoms with Crippen molar-refractivity contribution in [2.75, 3.05) is 6.54 Å². The summed E-state index contributed by atoms with van der Waals surface area (Å²) in [6.45, 7) is 6.61. The summed E-state index contributed by atoms with van der Waals surface area (Å²) in [5, 5.41) is 3.19. The fourth-order valence-electron chi connectivity index (χ4n) is 2.67. The highest BCUT2D eigenvalue weighted by molar-refractivity contribution is 5.84. The molecule has 0 saturated heterocycles. The van der Waals surface area contributed by atoms with E-state index in [-0.39, 0.29) is 11.9 Å². The second kappa shape index (κ2) is 5.63. The monoisotopic (exact) mass is 274 g/mol. The number of nitrogens with one attached hydrogen (secondary N) is 1. The molecule has 20 heavy (non-hydrogen) atoms. The zero-order valence-electron chi connectivity index (χ0n) is 12.3. The summed E-state index contributed by atoms with van der Waals surface area (Å²) in [5.74, 6) is -0.323. The van der Waals surface area contributed by atoms with E-state index in [1.807, 2.05) is 44.4 Å². The van der Waals surface area contributed by atoms with Crippen LogP contribution < -0.4 is 11.1 Å². The molecule has 2 aromatic rings. The number of para-hydroxylation sites is 2. The van der Waals surface area contributed by atoms with Crippen molar-refractivity contribution < 1.29 is 4.79 Å². The molecule has 0 aliphatic carbocycles. The third kappa shape index (κ3) is 2.67. The first-order valence-corrected chi connectivity index (χ1v) is 6.94. The first-order chi connectivity index (χ1) is 9.48. The topological polar surface area (TPSA) is 72.9 Å². The molecular weight excluding hydrogens is 252 g/mol. The Labute approximate surface area is 119 Å². The number of carbonyl (C=O) groups excluding carboxylic acids is 1. The lowest BCUT2D eigenvalue weighted by Crippen LogP contribution is -2.54. The molecule has 0 radical (unpaired) electrons. The van der Waals surface area contributed by atoms with Crippen molar-refractivity contribution in [2.24, 2.45) is 5.73 Å². The number of carbonyl (C=O) groups is 1. The van der Waals surface area contributed by atoms with E-state index in [0.717, 1.165) is 11.0 Å². The molecule has 108 valence electrons. The second-order valence-electron chi connectivity index (χ2n) is 5.42. The van der Waals surface area contributed by atoms with Gasteiger partial charge in [-0.05, 0) is 38.9 Å². The molecule has 3 N–H and O–H groups in total. The molecule has 1 aromatic heterocycles. The predicted molar refractivity (Wildman–Crippen MR) is 80.3 cm³/mol. The maximum Gasteiger partial charge on any atom is 0.237 e. The Kier molecular flexibility index (Phi) is 4.09. The van der Waals surface area contributed by atoms with Crippen LogP contribution in [0.25, 0.3) is 11.0 Å². The number of nitrogens with zero attached hydrogens (tertiary/aromatic N) is 2. The van der Waals surface area contributed by atoms with Crippen LogP contribution in [0.1, 0.15) is 33.2 Å². The molecule has 0 fully saturated rings. The first-order valence-electron chi connectivity index (χ1n) is 6.94. The van der Waals surface area contributed by atoms with Gasteiger partial charge in [-0.15, -0.1) is 0 Å². The van der Waals surface area contributed by atoms with Gasteiger partial charge < -0.3 is 15.6 Å².